The quantitative estimate of drug-likeness (QED) is 0.104. The van der Waals surface area contributed by atoms with Gasteiger partial charge in [-0.2, -0.15) is 10.1 Å². The van der Waals surface area contributed by atoms with E-state index in [0.717, 1.165) is 5.56 Å². The maximum Gasteiger partial charge on any atom is 0.414 e. The zero-order chi connectivity index (χ0) is 32.3. The zero-order valence-electron chi connectivity index (χ0n) is 24.1. The third kappa shape index (κ3) is 6.09. The molecule has 0 spiro atoms. The van der Waals surface area contributed by atoms with Crippen molar-refractivity contribution in [2.24, 2.45) is 0 Å². The number of benzene rings is 2. The first-order valence-corrected chi connectivity index (χ1v) is 15.5. The van der Waals surface area contributed by atoms with E-state index in [0.29, 0.717) is 53.6 Å². The molecule has 238 valence electrons. The standard InChI is InChI=1S/C28H27N9O8S/c29-24-22-23(17-10-11-20-19(15-17)33-28(30)44-20)34-36(25(22)32-16-31-24)12-6-9-21(38)42-13-4-5-14-43-26-27(37(39)45-35-26)46(40,41)18-7-2-1-3-8-18/h1-3,7-8,10-11,15-16H,4-6,9,12-14H2,(H2,30,33)(H2,29,31,32). The van der Waals surface area contributed by atoms with E-state index in [1.54, 1.807) is 22.9 Å². The number of ether oxygens (including phenoxy) is 2. The minimum absolute atomic E-state index is 0.0120. The molecule has 2 aromatic carbocycles. The summed E-state index contributed by atoms with van der Waals surface area (Å²) in [5.74, 6) is -0.583. The van der Waals surface area contributed by atoms with Crippen molar-refractivity contribution in [3.63, 3.8) is 0 Å². The largest absolute Gasteiger partial charge is 0.466 e. The summed E-state index contributed by atoms with van der Waals surface area (Å²) in [5, 5.41) is 19.9. The van der Waals surface area contributed by atoms with E-state index < -0.39 is 26.7 Å². The van der Waals surface area contributed by atoms with Crippen LogP contribution in [0.25, 0.3) is 33.4 Å². The van der Waals surface area contributed by atoms with Gasteiger partial charge in [-0.15, -0.1) is 0 Å². The number of carbonyl (C=O) groups is 1. The second kappa shape index (κ2) is 12.7. The van der Waals surface area contributed by atoms with Crippen LogP contribution in [-0.2, 0) is 25.9 Å². The molecule has 0 radical (unpaired) electrons. The van der Waals surface area contributed by atoms with Gasteiger partial charge in [0.2, 0.25) is 0 Å². The average Bonchev–Trinajstić information content (AvgIpc) is 3.73. The number of aryl methyl sites for hydroxylation is 1. The smallest absolute Gasteiger partial charge is 0.414 e. The number of hydrogen-bond acceptors (Lipinski definition) is 15. The van der Waals surface area contributed by atoms with Crippen LogP contribution in [0.15, 0.2) is 73.8 Å². The molecular formula is C28H27N9O8S. The van der Waals surface area contributed by atoms with E-state index >= 15 is 0 Å². The Hall–Kier alpha value is -5.78. The van der Waals surface area contributed by atoms with Crippen molar-refractivity contribution >= 4 is 49.8 Å². The Kier molecular flexibility index (Phi) is 8.34. The number of esters is 1. The predicted octanol–water partition coefficient (Wildman–Crippen LogP) is 2.44. The number of rotatable bonds is 13. The lowest BCUT2D eigenvalue weighted by atomic mass is 10.1. The van der Waals surface area contributed by atoms with E-state index in [-0.39, 0.29) is 41.3 Å². The summed E-state index contributed by atoms with van der Waals surface area (Å²) in [6, 6.07) is 12.8. The number of sulfone groups is 1. The number of nitrogens with two attached hydrogens (primary N) is 2. The van der Waals surface area contributed by atoms with E-state index in [4.69, 9.17) is 30.5 Å². The Morgan fingerprint density at radius 3 is 2.67 bits per heavy atom. The molecule has 17 nitrogen and oxygen atoms in total. The molecule has 0 amide bonds. The fraction of sp³-hybridized carbons (Fsp3) is 0.250. The number of hydrogen-bond donors (Lipinski definition) is 2. The molecule has 4 heterocycles. The van der Waals surface area contributed by atoms with Crippen LogP contribution < -0.4 is 21.1 Å². The number of aromatic nitrogens is 7. The van der Waals surface area contributed by atoms with Crippen LogP contribution in [-0.4, -0.2) is 57.5 Å². The molecule has 0 unspecified atom stereocenters. The van der Waals surface area contributed by atoms with Crippen molar-refractivity contribution in [1.29, 1.82) is 0 Å². The van der Waals surface area contributed by atoms with Crippen LogP contribution in [0.3, 0.4) is 0 Å². The van der Waals surface area contributed by atoms with Crippen molar-refractivity contribution in [2.75, 3.05) is 24.7 Å². The highest BCUT2D eigenvalue weighted by atomic mass is 32.2. The van der Waals surface area contributed by atoms with Gasteiger partial charge in [0.25, 0.3) is 15.9 Å². The third-order valence-electron chi connectivity index (χ3n) is 6.88. The maximum atomic E-state index is 12.8. The van der Waals surface area contributed by atoms with Gasteiger partial charge in [0.15, 0.2) is 11.2 Å². The molecule has 0 atom stereocenters. The molecule has 0 aliphatic carbocycles. The number of carbonyl (C=O) groups excluding carboxylic acids is 1. The molecule has 6 aromatic rings. The minimum Gasteiger partial charge on any atom is -0.466 e. The van der Waals surface area contributed by atoms with Crippen LogP contribution in [0.4, 0.5) is 11.8 Å². The second-order valence-electron chi connectivity index (χ2n) is 10.0. The van der Waals surface area contributed by atoms with Crippen LogP contribution >= 0.6 is 0 Å². The molecule has 0 saturated heterocycles. The van der Waals surface area contributed by atoms with Gasteiger partial charge >= 0.3 is 16.9 Å². The molecule has 0 aliphatic heterocycles. The highest BCUT2D eigenvalue weighted by Gasteiger charge is 2.35. The summed E-state index contributed by atoms with van der Waals surface area (Å²) in [6.07, 6.45) is 2.71. The SMILES string of the molecule is Nc1nc2cc(-c3nn(CCCC(=O)OCCCCOc4no[n+]([O-])c4S(=O)(=O)c4ccccc4)c4ncnc(N)c34)ccc2o1. The fourth-order valence-electron chi connectivity index (χ4n) is 4.73. The Bertz CT molecular complexity index is 2130. The van der Waals surface area contributed by atoms with Gasteiger partial charge in [-0.25, -0.2) is 23.1 Å². The Labute approximate surface area is 260 Å². The number of nitrogen functional groups attached to an aromatic ring is 2. The van der Waals surface area contributed by atoms with Gasteiger partial charge < -0.3 is 30.6 Å². The second-order valence-corrected chi connectivity index (χ2v) is 11.9. The maximum absolute atomic E-state index is 12.8. The lowest BCUT2D eigenvalue weighted by molar-refractivity contribution is -0.832. The summed E-state index contributed by atoms with van der Waals surface area (Å²) < 4.78 is 47.8. The lowest BCUT2D eigenvalue weighted by Gasteiger charge is -2.06. The van der Waals surface area contributed by atoms with Crippen LogP contribution in [0, 0.1) is 5.21 Å². The van der Waals surface area contributed by atoms with Gasteiger partial charge in [-0.3, -0.25) is 9.42 Å². The number of nitrogens with zero attached hydrogens (tertiary/aromatic N) is 7. The normalized spacial score (nSPS) is 11.7. The summed E-state index contributed by atoms with van der Waals surface area (Å²) in [6.45, 7) is 0.490. The number of unbranched alkanes of at least 4 members (excludes halogenated alkanes) is 1. The molecule has 0 fully saturated rings. The molecular weight excluding hydrogens is 622 g/mol. The Morgan fingerprint density at radius 1 is 1.04 bits per heavy atom. The molecule has 0 aliphatic rings. The van der Waals surface area contributed by atoms with Gasteiger partial charge in [0.1, 0.15) is 23.4 Å². The summed E-state index contributed by atoms with van der Waals surface area (Å²) in [7, 11) is -4.21. The highest BCUT2D eigenvalue weighted by molar-refractivity contribution is 7.91. The Morgan fingerprint density at radius 2 is 1.85 bits per heavy atom. The predicted molar refractivity (Wildman–Crippen MR) is 159 cm³/mol. The monoisotopic (exact) mass is 649 g/mol. The molecule has 4 aromatic heterocycles. The first-order chi connectivity index (χ1) is 22.2. The van der Waals surface area contributed by atoms with E-state index in [1.165, 1.54) is 30.6 Å². The number of oxazole rings is 1. The van der Waals surface area contributed by atoms with Gasteiger partial charge in [-0.05, 0) is 54.5 Å². The molecule has 0 saturated carbocycles. The molecule has 46 heavy (non-hydrogen) atoms. The van der Waals surface area contributed by atoms with E-state index in [1.807, 2.05) is 6.07 Å². The van der Waals surface area contributed by atoms with E-state index in [2.05, 4.69) is 24.7 Å². The molecule has 6 rings (SSSR count). The van der Waals surface area contributed by atoms with Gasteiger partial charge in [-0.1, -0.05) is 18.2 Å². The van der Waals surface area contributed by atoms with Crippen LogP contribution in [0.5, 0.6) is 5.88 Å². The van der Waals surface area contributed by atoms with E-state index in [9.17, 15) is 18.4 Å². The first-order valence-electron chi connectivity index (χ1n) is 14.0. The first kappa shape index (κ1) is 30.3. The molecule has 18 heteroatoms. The summed E-state index contributed by atoms with van der Waals surface area (Å²) in [4.78, 5) is 24.7. The number of fused-ring (bicyclic) bond motifs is 2. The van der Waals surface area contributed by atoms with Gasteiger partial charge in [0, 0.05) is 18.5 Å². The highest BCUT2D eigenvalue weighted by Crippen LogP contribution is 2.32. The van der Waals surface area contributed by atoms with Crippen molar-refractivity contribution in [3.05, 3.63) is 60.1 Å². The van der Waals surface area contributed by atoms with Gasteiger partial charge in [0.05, 0.1) is 28.7 Å². The third-order valence-corrected chi connectivity index (χ3v) is 8.61. The van der Waals surface area contributed by atoms with Crippen molar-refractivity contribution in [1.82, 2.24) is 29.9 Å². The fourth-order valence-corrected chi connectivity index (χ4v) is 6.02. The number of anilines is 2. The summed E-state index contributed by atoms with van der Waals surface area (Å²) >= 11 is 0. The van der Waals surface area contributed by atoms with Crippen molar-refractivity contribution < 1.29 is 36.6 Å². The van der Waals surface area contributed by atoms with Crippen LogP contribution in [0.1, 0.15) is 25.7 Å². The van der Waals surface area contributed by atoms with Crippen LogP contribution in [0.2, 0.25) is 0 Å². The zero-order valence-corrected chi connectivity index (χ0v) is 24.9. The topological polar surface area (TPSA) is 244 Å². The Balaban J connectivity index is 0.986. The minimum atomic E-state index is -4.21. The van der Waals surface area contributed by atoms with Crippen molar-refractivity contribution in [2.45, 2.75) is 42.1 Å². The summed E-state index contributed by atoms with van der Waals surface area (Å²) in [5.41, 5.74) is 14.8. The average molecular weight is 650 g/mol. The lowest BCUT2D eigenvalue weighted by Crippen LogP contribution is -2.31. The molecule has 0 bridgehead atoms. The van der Waals surface area contributed by atoms with Crippen molar-refractivity contribution in [3.8, 4) is 17.1 Å². The molecule has 4 N–H and O–H groups in total.